The van der Waals surface area contributed by atoms with E-state index in [4.69, 9.17) is 4.74 Å². The Labute approximate surface area is 264 Å². The zero-order chi connectivity index (χ0) is 31.6. The normalized spacial score (nSPS) is 16.9. The highest BCUT2D eigenvalue weighted by Gasteiger charge is 2.27. The van der Waals surface area contributed by atoms with Gasteiger partial charge in [-0.3, -0.25) is 14.9 Å². The fraction of sp³-hybridized carbons (Fsp3) is 0.375. The molecular weight excluding hydrogens is 590 g/mol. The van der Waals surface area contributed by atoms with Gasteiger partial charge < -0.3 is 25.2 Å². The highest BCUT2D eigenvalue weighted by atomic mass is 32.2. The number of nitrogens with zero attached hydrogens (tertiary/aromatic N) is 7. The van der Waals surface area contributed by atoms with Gasteiger partial charge in [0.15, 0.2) is 9.84 Å². The second kappa shape index (κ2) is 13.0. The van der Waals surface area contributed by atoms with Crippen molar-refractivity contribution in [2.45, 2.75) is 23.8 Å². The molecule has 236 valence electrons. The molecule has 0 atom stereocenters. The third-order valence-electron chi connectivity index (χ3n) is 8.57. The Kier molecular flexibility index (Phi) is 8.83. The number of likely N-dealkylation sites (N-methyl/N-ethyl adjacent to an activating group) is 1. The number of piperidine rings is 1. The molecule has 2 saturated heterocycles. The number of fused-ring (bicyclic) bond motifs is 1. The van der Waals surface area contributed by atoms with Crippen molar-refractivity contribution in [3.63, 3.8) is 0 Å². The average Bonchev–Trinajstić information content (AvgIpc) is 3.05. The predicted octanol–water partition coefficient (Wildman–Crippen LogP) is 4.18. The van der Waals surface area contributed by atoms with E-state index >= 15 is 0 Å². The summed E-state index contributed by atoms with van der Waals surface area (Å²) < 4.78 is 31.4. The van der Waals surface area contributed by atoms with Crippen LogP contribution in [0.15, 0.2) is 60.4 Å². The summed E-state index contributed by atoms with van der Waals surface area (Å²) >= 11 is 0. The molecule has 2 aromatic carbocycles. The van der Waals surface area contributed by atoms with Crippen LogP contribution < -0.4 is 20.3 Å². The van der Waals surface area contributed by atoms with Crippen LogP contribution in [-0.2, 0) is 9.84 Å². The van der Waals surface area contributed by atoms with Crippen LogP contribution in [0, 0.1) is 0 Å². The number of hydrogen-bond donors (Lipinski definition) is 2. The Hall–Kier alpha value is -4.33. The number of rotatable bonds is 9. The molecule has 13 heteroatoms. The molecule has 0 saturated carbocycles. The molecule has 0 aliphatic carbocycles. The number of anilines is 5. The number of hydrogen-bond acceptors (Lipinski definition) is 12. The van der Waals surface area contributed by atoms with Crippen LogP contribution in [0.5, 0.6) is 5.75 Å². The van der Waals surface area contributed by atoms with Crippen LogP contribution >= 0.6 is 0 Å². The maximum absolute atomic E-state index is 12.8. The molecule has 45 heavy (non-hydrogen) atoms. The number of aromatic nitrogens is 4. The molecule has 0 amide bonds. The van der Waals surface area contributed by atoms with Crippen LogP contribution in [0.1, 0.15) is 18.4 Å². The summed E-state index contributed by atoms with van der Waals surface area (Å²) in [6.07, 6.45) is 9.67. The molecule has 4 heterocycles. The number of sulfone groups is 1. The Morgan fingerprint density at radius 2 is 1.69 bits per heavy atom. The molecule has 2 aliphatic heterocycles. The molecule has 12 nitrogen and oxygen atoms in total. The highest BCUT2D eigenvalue weighted by Crippen LogP contribution is 2.35. The topological polar surface area (TPSA) is 129 Å². The van der Waals surface area contributed by atoms with E-state index in [-0.39, 0.29) is 10.4 Å². The Morgan fingerprint density at radius 3 is 2.40 bits per heavy atom. The van der Waals surface area contributed by atoms with E-state index in [0.29, 0.717) is 46.0 Å². The van der Waals surface area contributed by atoms with Crippen molar-refractivity contribution < 1.29 is 13.2 Å². The fourth-order valence-electron chi connectivity index (χ4n) is 6.09. The minimum Gasteiger partial charge on any atom is -0.494 e. The lowest BCUT2D eigenvalue weighted by Crippen LogP contribution is -2.52. The predicted molar refractivity (Wildman–Crippen MR) is 179 cm³/mol. The van der Waals surface area contributed by atoms with Crippen LogP contribution in [0.4, 0.5) is 28.8 Å². The zero-order valence-electron chi connectivity index (χ0n) is 25.9. The smallest absolute Gasteiger partial charge is 0.229 e. The third-order valence-corrected chi connectivity index (χ3v) is 9.73. The Balaban J connectivity index is 1.20. The van der Waals surface area contributed by atoms with E-state index in [9.17, 15) is 8.42 Å². The minimum atomic E-state index is -3.67. The summed E-state index contributed by atoms with van der Waals surface area (Å²) in [6, 6.07) is 10.1. The second-order valence-electron chi connectivity index (χ2n) is 11.5. The Morgan fingerprint density at radius 1 is 0.956 bits per heavy atom. The van der Waals surface area contributed by atoms with Crippen molar-refractivity contribution in [1.29, 1.82) is 0 Å². The van der Waals surface area contributed by atoms with E-state index in [1.807, 2.05) is 12.1 Å². The quantitative estimate of drug-likeness (QED) is 0.276. The summed E-state index contributed by atoms with van der Waals surface area (Å²) in [6.45, 7) is 10.5. The SMILES string of the molecule is C=Cc1cnc(Nc2ccc(N3CCC(N4CCN(C)CC4)CC3)cc2OC)nc1Nc1ccc2nccnc2c1S(C)(=O)=O. The number of methoxy groups -OCH3 is 1. The van der Waals surface area contributed by atoms with E-state index < -0.39 is 9.84 Å². The molecule has 0 unspecified atom stereocenters. The standard InChI is InChI=1S/C32H39N9O3S/c1-5-22-21-35-32(38-31(22)36-27-9-8-26-29(34-13-12-33-26)30(27)45(4,42)43)37-25-7-6-24(20-28(25)44-3)40-14-10-23(11-15-40)41-18-16-39(2)17-19-41/h5-9,12-13,20-21,23H,1,10-11,14-19H2,2-4H3,(H2,35,36,37,38). The second-order valence-corrected chi connectivity index (χ2v) is 13.5. The third kappa shape index (κ3) is 6.70. The lowest BCUT2D eigenvalue weighted by atomic mass is 10.0. The number of ether oxygens (including phenoxy) is 1. The molecule has 0 spiro atoms. The first-order valence-corrected chi connectivity index (χ1v) is 17.0. The number of nitrogens with one attached hydrogen (secondary N) is 2. The van der Waals surface area contributed by atoms with E-state index in [1.165, 1.54) is 12.4 Å². The maximum Gasteiger partial charge on any atom is 0.229 e. The van der Waals surface area contributed by atoms with E-state index in [2.05, 4.69) is 65.0 Å². The van der Waals surface area contributed by atoms with Gasteiger partial charge in [-0.25, -0.2) is 13.4 Å². The lowest BCUT2D eigenvalue weighted by molar-refractivity contribution is 0.0982. The highest BCUT2D eigenvalue weighted by molar-refractivity contribution is 7.91. The van der Waals surface area contributed by atoms with Crippen LogP contribution in [0.2, 0.25) is 0 Å². The summed E-state index contributed by atoms with van der Waals surface area (Å²) in [5.74, 6) is 1.37. The van der Waals surface area contributed by atoms with Crippen molar-refractivity contribution >= 4 is 55.8 Å². The molecule has 0 radical (unpaired) electrons. The first kappa shape index (κ1) is 30.7. The van der Waals surface area contributed by atoms with E-state index in [1.54, 1.807) is 31.5 Å². The van der Waals surface area contributed by atoms with Crippen LogP contribution in [0.25, 0.3) is 17.1 Å². The van der Waals surface area contributed by atoms with Crippen LogP contribution in [-0.4, -0.2) is 104 Å². The monoisotopic (exact) mass is 629 g/mol. The van der Waals surface area contributed by atoms with Gasteiger partial charge >= 0.3 is 0 Å². The van der Waals surface area contributed by atoms with Crippen molar-refractivity contribution in [3.05, 3.63) is 61.1 Å². The van der Waals surface area contributed by atoms with E-state index in [0.717, 1.165) is 64.1 Å². The van der Waals surface area contributed by atoms with Gasteiger partial charge in [0.25, 0.3) is 0 Å². The molecule has 6 rings (SSSR count). The molecule has 2 aromatic heterocycles. The molecule has 4 aromatic rings. The molecule has 2 aliphatic rings. The summed E-state index contributed by atoms with van der Waals surface area (Å²) in [4.78, 5) is 25.2. The van der Waals surface area contributed by atoms with Gasteiger partial charge in [0.2, 0.25) is 5.95 Å². The minimum absolute atomic E-state index is 0.0426. The molecular formula is C32H39N9O3S. The number of piperazine rings is 1. The molecule has 0 bridgehead atoms. The van der Waals surface area contributed by atoms with Gasteiger partial charge in [-0.2, -0.15) is 4.98 Å². The van der Waals surface area contributed by atoms with Gasteiger partial charge in [-0.1, -0.05) is 12.7 Å². The number of benzene rings is 2. The van der Waals surface area contributed by atoms with Crippen molar-refractivity contribution in [2.24, 2.45) is 0 Å². The van der Waals surface area contributed by atoms with Crippen LogP contribution in [0.3, 0.4) is 0 Å². The summed E-state index contributed by atoms with van der Waals surface area (Å²) in [5.41, 5.74) is 3.52. The fourth-order valence-corrected chi connectivity index (χ4v) is 7.12. The van der Waals surface area contributed by atoms with Gasteiger partial charge in [0.1, 0.15) is 22.0 Å². The van der Waals surface area contributed by atoms with Gasteiger partial charge in [0.05, 0.1) is 24.0 Å². The summed E-state index contributed by atoms with van der Waals surface area (Å²) in [7, 11) is 0.178. The first-order valence-electron chi connectivity index (χ1n) is 15.1. The van der Waals surface area contributed by atoms with Crippen molar-refractivity contribution in [3.8, 4) is 5.75 Å². The average molecular weight is 630 g/mol. The van der Waals surface area contributed by atoms with Crippen molar-refractivity contribution in [1.82, 2.24) is 29.7 Å². The summed E-state index contributed by atoms with van der Waals surface area (Å²) in [5, 5.41) is 6.44. The van der Waals surface area contributed by atoms with Gasteiger partial charge in [0, 0.05) is 87.5 Å². The largest absolute Gasteiger partial charge is 0.494 e. The molecule has 2 N–H and O–H groups in total. The first-order chi connectivity index (χ1) is 21.7. The van der Waals surface area contributed by atoms with Gasteiger partial charge in [-0.15, -0.1) is 0 Å². The molecule has 2 fully saturated rings. The Bertz CT molecular complexity index is 1800. The van der Waals surface area contributed by atoms with Gasteiger partial charge in [-0.05, 0) is 44.2 Å². The zero-order valence-corrected chi connectivity index (χ0v) is 26.7. The maximum atomic E-state index is 12.8. The lowest BCUT2D eigenvalue weighted by Gasteiger charge is -2.42. The van der Waals surface area contributed by atoms with Crippen molar-refractivity contribution in [2.75, 3.05) is 75.2 Å².